The number of urea groups is 1. The quantitative estimate of drug-likeness (QED) is 0.270. The van der Waals surface area contributed by atoms with E-state index in [0.717, 1.165) is 0 Å². The van der Waals surface area contributed by atoms with Gasteiger partial charge in [0.15, 0.2) is 0 Å². The number of halogens is 1. The highest BCUT2D eigenvalue weighted by atomic mass is 35.5. The minimum Gasteiger partial charge on any atom is -0.491 e. The van der Waals surface area contributed by atoms with Gasteiger partial charge >= 0.3 is 6.03 Å². The van der Waals surface area contributed by atoms with Crippen LogP contribution in [0.15, 0.2) is 65.7 Å². The molecule has 0 atom stereocenters. The van der Waals surface area contributed by atoms with Crippen LogP contribution in [-0.2, 0) is 6.54 Å². The summed E-state index contributed by atoms with van der Waals surface area (Å²) < 4.78 is 9.52. The van der Waals surface area contributed by atoms with Gasteiger partial charge in [-0.1, -0.05) is 22.9 Å². The first-order valence-corrected chi connectivity index (χ1v) is 12.0. The van der Waals surface area contributed by atoms with Gasteiger partial charge in [0.05, 0.1) is 34.2 Å². The van der Waals surface area contributed by atoms with Gasteiger partial charge in [-0.15, -0.1) is 16.4 Å². The van der Waals surface area contributed by atoms with Crippen molar-refractivity contribution in [2.75, 3.05) is 13.2 Å². The number of pyridine rings is 1. The molecule has 0 unspecified atom stereocenters. The molecule has 3 amide bonds. The van der Waals surface area contributed by atoms with Crippen LogP contribution in [0.5, 0.6) is 5.75 Å². The molecule has 3 heterocycles. The summed E-state index contributed by atoms with van der Waals surface area (Å²) >= 11 is 7.08. The Morgan fingerprint density at radius 1 is 1.14 bits per heavy atom. The van der Waals surface area contributed by atoms with Crippen molar-refractivity contribution in [3.63, 3.8) is 0 Å². The lowest BCUT2D eigenvalue weighted by Gasteiger charge is -2.14. The normalized spacial score (nSPS) is 10.7. The number of benzene rings is 1. The number of aromatic nitrogens is 4. The van der Waals surface area contributed by atoms with Crippen molar-refractivity contribution in [3.05, 3.63) is 86.2 Å². The standard InChI is InChI=1S/C23H22ClN7O4S/c24-20-8-7-19(36-20)22(33)27-13-15-14-31(29-28-15)17-6-5-16(30-10-2-1-4-21(30)32)12-18(17)35-11-3-9-26-23(25)34/h1-2,4-8,10,12,14H,3,9,11,13H2,(H,27,33)(H3,25,26,34). The summed E-state index contributed by atoms with van der Waals surface area (Å²) in [4.78, 5) is 35.9. The van der Waals surface area contributed by atoms with Gasteiger partial charge in [0.25, 0.3) is 11.5 Å². The Hall–Kier alpha value is -4.16. The first kappa shape index (κ1) is 24.9. The summed E-state index contributed by atoms with van der Waals surface area (Å²) in [5.74, 6) is 0.198. The number of nitrogens with zero attached hydrogens (tertiary/aromatic N) is 4. The molecule has 0 saturated heterocycles. The number of primary amides is 1. The summed E-state index contributed by atoms with van der Waals surface area (Å²) in [5, 5.41) is 13.6. The average molecular weight is 528 g/mol. The molecule has 0 saturated carbocycles. The summed E-state index contributed by atoms with van der Waals surface area (Å²) in [6.07, 6.45) is 3.85. The van der Waals surface area contributed by atoms with Crippen molar-refractivity contribution in [1.29, 1.82) is 0 Å². The van der Waals surface area contributed by atoms with E-state index in [0.29, 0.717) is 45.0 Å². The van der Waals surface area contributed by atoms with Gasteiger partial charge in [-0.05, 0) is 36.8 Å². The van der Waals surface area contributed by atoms with E-state index in [1.54, 1.807) is 54.9 Å². The molecule has 4 rings (SSSR count). The van der Waals surface area contributed by atoms with Crippen molar-refractivity contribution >= 4 is 34.9 Å². The first-order valence-electron chi connectivity index (χ1n) is 10.8. The van der Waals surface area contributed by atoms with Gasteiger partial charge in [0.2, 0.25) is 0 Å². The van der Waals surface area contributed by atoms with Crippen LogP contribution in [0.4, 0.5) is 4.79 Å². The summed E-state index contributed by atoms with van der Waals surface area (Å²) in [6, 6.07) is 12.8. The van der Waals surface area contributed by atoms with Crippen molar-refractivity contribution in [3.8, 4) is 17.1 Å². The van der Waals surface area contributed by atoms with E-state index in [9.17, 15) is 14.4 Å². The van der Waals surface area contributed by atoms with Gasteiger partial charge in [0, 0.05) is 24.9 Å². The molecule has 4 aromatic rings. The third kappa shape index (κ3) is 6.29. The molecule has 0 spiro atoms. The average Bonchev–Trinajstić information content (AvgIpc) is 3.51. The number of nitrogens with one attached hydrogen (secondary N) is 2. The van der Waals surface area contributed by atoms with E-state index in [4.69, 9.17) is 22.1 Å². The topological polar surface area (TPSA) is 146 Å². The Morgan fingerprint density at radius 2 is 2.00 bits per heavy atom. The highest BCUT2D eigenvalue weighted by Crippen LogP contribution is 2.26. The molecule has 0 aliphatic carbocycles. The lowest BCUT2D eigenvalue weighted by Crippen LogP contribution is -2.30. The molecule has 11 nitrogen and oxygen atoms in total. The van der Waals surface area contributed by atoms with Crippen molar-refractivity contribution in [2.24, 2.45) is 5.73 Å². The number of hydrogen-bond acceptors (Lipinski definition) is 7. The second kappa shape index (κ2) is 11.5. The van der Waals surface area contributed by atoms with Crippen molar-refractivity contribution < 1.29 is 14.3 Å². The second-order valence-corrected chi connectivity index (χ2v) is 9.21. The fourth-order valence-corrected chi connectivity index (χ4v) is 4.22. The SMILES string of the molecule is NC(=O)NCCCOc1cc(-n2ccccc2=O)ccc1-n1cc(CNC(=O)c2ccc(Cl)s2)nn1. The molecular weight excluding hydrogens is 506 g/mol. The van der Waals surface area contributed by atoms with E-state index >= 15 is 0 Å². The molecule has 4 N–H and O–H groups in total. The number of amides is 3. The molecule has 0 aliphatic heterocycles. The number of thiophene rings is 1. The second-order valence-electron chi connectivity index (χ2n) is 7.49. The fraction of sp³-hybridized carbons (Fsp3) is 0.174. The number of hydrogen-bond donors (Lipinski definition) is 3. The summed E-state index contributed by atoms with van der Waals surface area (Å²) in [7, 11) is 0. The lowest BCUT2D eigenvalue weighted by molar-refractivity contribution is 0.0954. The molecule has 36 heavy (non-hydrogen) atoms. The Morgan fingerprint density at radius 3 is 2.75 bits per heavy atom. The van der Waals surface area contributed by atoms with Crippen molar-refractivity contribution in [1.82, 2.24) is 30.2 Å². The molecular formula is C23H22ClN7O4S. The molecule has 186 valence electrons. The van der Waals surface area contributed by atoms with E-state index in [2.05, 4.69) is 20.9 Å². The minimum atomic E-state index is -0.606. The van der Waals surface area contributed by atoms with Crippen LogP contribution in [0.3, 0.4) is 0 Å². The van der Waals surface area contributed by atoms with Crippen LogP contribution < -0.4 is 26.7 Å². The van der Waals surface area contributed by atoms with Crippen LogP contribution in [0.2, 0.25) is 4.34 Å². The van der Waals surface area contributed by atoms with Gasteiger partial charge in [-0.3, -0.25) is 14.2 Å². The molecule has 3 aromatic heterocycles. The molecule has 0 bridgehead atoms. The Labute approximate surface area is 214 Å². The monoisotopic (exact) mass is 527 g/mol. The highest BCUT2D eigenvalue weighted by Gasteiger charge is 2.14. The molecule has 1 aromatic carbocycles. The van der Waals surface area contributed by atoms with Gasteiger partial charge in [-0.2, -0.15) is 0 Å². The Bertz CT molecular complexity index is 1430. The van der Waals surface area contributed by atoms with E-state index in [-0.39, 0.29) is 24.6 Å². The van der Waals surface area contributed by atoms with Crippen LogP contribution in [0.25, 0.3) is 11.4 Å². The first-order chi connectivity index (χ1) is 17.4. The smallest absolute Gasteiger partial charge is 0.312 e. The zero-order chi connectivity index (χ0) is 25.5. The zero-order valence-electron chi connectivity index (χ0n) is 18.9. The number of rotatable bonds is 10. The highest BCUT2D eigenvalue weighted by molar-refractivity contribution is 7.17. The van der Waals surface area contributed by atoms with Crippen molar-refractivity contribution in [2.45, 2.75) is 13.0 Å². The van der Waals surface area contributed by atoms with Gasteiger partial charge in [-0.25, -0.2) is 9.48 Å². The van der Waals surface area contributed by atoms with E-state index in [1.807, 2.05) is 0 Å². The molecule has 0 radical (unpaired) electrons. The van der Waals surface area contributed by atoms with Crippen LogP contribution >= 0.6 is 22.9 Å². The van der Waals surface area contributed by atoms with Gasteiger partial charge < -0.3 is 21.1 Å². The molecule has 0 fully saturated rings. The number of ether oxygens (including phenoxy) is 1. The summed E-state index contributed by atoms with van der Waals surface area (Å²) in [5.41, 5.74) is 6.63. The molecule has 0 aliphatic rings. The largest absolute Gasteiger partial charge is 0.491 e. The van der Waals surface area contributed by atoms with Gasteiger partial charge in [0.1, 0.15) is 17.1 Å². The Balaban J connectivity index is 1.52. The zero-order valence-corrected chi connectivity index (χ0v) is 20.5. The maximum Gasteiger partial charge on any atom is 0.312 e. The Kier molecular flexibility index (Phi) is 7.98. The van der Waals surface area contributed by atoms with E-state index in [1.165, 1.54) is 26.7 Å². The third-order valence-electron chi connectivity index (χ3n) is 4.94. The predicted octanol–water partition coefficient (Wildman–Crippen LogP) is 2.50. The number of nitrogens with two attached hydrogens (primary N) is 1. The van der Waals surface area contributed by atoms with E-state index < -0.39 is 6.03 Å². The predicted molar refractivity (Wildman–Crippen MR) is 135 cm³/mol. The fourth-order valence-electron chi connectivity index (χ4n) is 3.26. The van der Waals surface area contributed by atoms with Crippen LogP contribution in [-0.4, -0.2) is 44.7 Å². The van der Waals surface area contributed by atoms with Crippen LogP contribution in [0.1, 0.15) is 21.8 Å². The maximum atomic E-state index is 12.3. The number of carbonyl (C=O) groups is 2. The minimum absolute atomic E-state index is 0.167. The lowest BCUT2D eigenvalue weighted by atomic mass is 10.2. The maximum absolute atomic E-state index is 12.3. The van der Waals surface area contributed by atoms with Crippen LogP contribution in [0, 0.1) is 0 Å². The number of carbonyl (C=O) groups excluding carboxylic acids is 2. The molecule has 13 heteroatoms. The summed E-state index contributed by atoms with van der Waals surface area (Å²) in [6.45, 7) is 0.799. The third-order valence-corrected chi connectivity index (χ3v) is 6.17.